The standard InChI is InChI=1S/C43H48N14O5/c58-36-12-18-56(43(62)50-36)57-41(60)32-6-5-31(23-34(32)42(57)61)54-14-8-27(9-15-54)25-52-19-21-55(22-20-52)30-10-16-53(17-11-30)29-3-1-28(2-4-29)48-40(59)37-35(24-47-51-37)49-39-33-7-13-44-38(33)45-26-46-39/h1-7,13,23-24,26-27,30H,8-12,14-22,25H2,(H,47,51)(H,48,59)(H,50,58,62)(H2,44,45,46,49). The second kappa shape index (κ2) is 16.5. The van der Waals surface area contributed by atoms with Crippen LogP contribution in [0.25, 0.3) is 11.0 Å². The van der Waals surface area contributed by atoms with Crippen LogP contribution in [0.3, 0.4) is 0 Å². The Labute approximate surface area is 356 Å². The normalized spacial score (nSPS) is 19.7. The highest BCUT2D eigenvalue weighted by atomic mass is 16.2. The number of urea groups is 1. The zero-order valence-corrected chi connectivity index (χ0v) is 34.2. The number of carbonyl (C=O) groups is 5. The minimum absolute atomic E-state index is 0.0203. The van der Waals surface area contributed by atoms with Gasteiger partial charge in [-0.15, -0.1) is 0 Å². The average molecular weight is 841 g/mol. The summed E-state index contributed by atoms with van der Waals surface area (Å²) in [5, 5.41) is 18.0. The second-order valence-corrected chi connectivity index (χ2v) is 16.6. The molecule has 2 aromatic carbocycles. The number of piperidine rings is 2. The van der Waals surface area contributed by atoms with Crippen LogP contribution < -0.4 is 25.8 Å². The minimum Gasteiger partial charge on any atom is -0.371 e. The first-order valence-electron chi connectivity index (χ1n) is 21.4. The molecule has 5 aliphatic rings. The molecule has 0 aliphatic carbocycles. The number of aromatic amines is 2. The summed E-state index contributed by atoms with van der Waals surface area (Å²) in [6.45, 7) is 9.08. The highest BCUT2D eigenvalue weighted by molar-refractivity contribution is 6.22. The van der Waals surface area contributed by atoms with Crippen LogP contribution in [0.2, 0.25) is 0 Å². The number of H-pyrrole nitrogens is 2. The van der Waals surface area contributed by atoms with Crippen molar-refractivity contribution in [3.05, 3.63) is 84.1 Å². The summed E-state index contributed by atoms with van der Waals surface area (Å²) in [6.07, 6.45) is 9.24. The van der Waals surface area contributed by atoms with E-state index in [0.717, 1.165) is 111 Å². The molecule has 19 nitrogen and oxygen atoms in total. The smallest absolute Gasteiger partial charge is 0.343 e. The number of aromatic nitrogens is 5. The van der Waals surface area contributed by atoms with Crippen LogP contribution in [0.1, 0.15) is 63.3 Å². The van der Waals surface area contributed by atoms with Gasteiger partial charge in [0.1, 0.15) is 17.8 Å². The lowest BCUT2D eigenvalue weighted by Gasteiger charge is -2.44. The lowest BCUT2D eigenvalue weighted by Crippen LogP contribution is -2.58. The van der Waals surface area contributed by atoms with E-state index in [2.05, 4.69) is 72.8 Å². The molecule has 0 radical (unpaired) electrons. The lowest BCUT2D eigenvalue weighted by molar-refractivity contribution is -0.122. The van der Waals surface area contributed by atoms with Crippen molar-refractivity contribution in [2.24, 2.45) is 5.92 Å². The number of carbonyl (C=O) groups excluding carboxylic acids is 5. The number of rotatable bonds is 10. The summed E-state index contributed by atoms with van der Waals surface area (Å²) < 4.78 is 0. The Bertz CT molecular complexity index is 2510. The predicted octanol–water partition coefficient (Wildman–Crippen LogP) is 3.63. The molecule has 5 N–H and O–H groups in total. The maximum atomic E-state index is 13.3. The zero-order chi connectivity index (χ0) is 42.3. The molecule has 320 valence electrons. The molecule has 10 rings (SSSR count). The summed E-state index contributed by atoms with van der Waals surface area (Å²) in [5.74, 6) is -0.675. The van der Waals surface area contributed by atoms with E-state index in [0.29, 0.717) is 34.8 Å². The summed E-state index contributed by atoms with van der Waals surface area (Å²) in [7, 11) is 0. The molecule has 0 saturated carbocycles. The van der Waals surface area contributed by atoms with Crippen LogP contribution in [0.5, 0.6) is 0 Å². The molecule has 3 aromatic heterocycles. The average Bonchev–Trinajstić information content (AvgIpc) is 4.04. The highest BCUT2D eigenvalue weighted by Crippen LogP contribution is 2.32. The number of amides is 6. The van der Waals surface area contributed by atoms with Gasteiger partial charge in [0.2, 0.25) is 5.91 Å². The third kappa shape index (κ3) is 7.68. The molecule has 8 heterocycles. The fraction of sp³-hybridized carbons (Fsp3) is 0.395. The Morgan fingerprint density at radius 2 is 1.50 bits per heavy atom. The molecule has 0 unspecified atom stereocenters. The molecular formula is C43H48N14O5. The van der Waals surface area contributed by atoms with Gasteiger partial charge < -0.3 is 30.3 Å². The quantitative estimate of drug-likeness (QED) is 0.127. The van der Waals surface area contributed by atoms with Crippen molar-refractivity contribution in [2.45, 2.75) is 38.1 Å². The highest BCUT2D eigenvalue weighted by Gasteiger charge is 2.43. The zero-order valence-electron chi connectivity index (χ0n) is 34.2. The van der Waals surface area contributed by atoms with Crippen LogP contribution in [0, 0.1) is 5.92 Å². The van der Waals surface area contributed by atoms with Crippen molar-refractivity contribution >= 4 is 69.3 Å². The number of piperazine rings is 1. The number of fused-ring (bicyclic) bond motifs is 2. The molecular weight excluding hydrogens is 793 g/mol. The first-order chi connectivity index (χ1) is 30.3. The van der Waals surface area contributed by atoms with Gasteiger partial charge in [-0.3, -0.25) is 34.5 Å². The van der Waals surface area contributed by atoms with Gasteiger partial charge in [-0.25, -0.2) is 19.8 Å². The number of hydrazine groups is 1. The second-order valence-electron chi connectivity index (χ2n) is 16.6. The molecule has 62 heavy (non-hydrogen) atoms. The number of benzene rings is 2. The summed E-state index contributed by atoms with van der Waals surface area (Å²) in [5.41, 5.74) is 4.74. The predicted molar refractivity (Wildman–Crippen MR) is 230 cm³/mol. The maximum Gasteiger partial charge on any atom is 0.343 e. The Morgan fingerprint density at radius 1 is 0.774 bits per heavy atom. The van der Waals surface area contributed by atoms with Gasteiger partial charge >= 0.3 is 6.03 Å². The van der Waals surface area contributed by atoms with E-state index in [4.69, 9.17) is 0 Å². The molecule has 5 aromatic rings. The van der Waals surface area contributed by atoms with E-state index in [1.54, 1.807) is 24.5 Å². The van der Waals surface area contributed by atoms with Gasteiger partial charge in [-0.05, 0) is 80.1 Å². The number of nitrogens with zero attached hydrogens (tertiary/aromatic N) is 9. The number of imide groups is 2. The molecule has 19 heteroatoms. The largest absolute Gasteiger partial charge is 0.371 e. The molecule has 0 bridgehead atoms. The lowest BCUT2D eigenvalue weighted by atomic mass is 9.95. The van der Waals surface area contributed by atoms with Crippen molar-refractivity contribution in [2.75, 3.05) is 85.9 Å². The van der Waals surface area contributed by atoms with Crippen LogP contribution >= 0.6 is 0 Å². The Kier molecular flexibility index (Phi) is 10.5. The fourth-order valence-corrected chi connectivity index (χ4v) is 9.52. The van der Waals surface area contributed by atoms with E-state index in [9.17, 15) is 24.0 Å². The third-order valence-corrected chi connectivity index (χ3v) is 13.0. The van der Waals surface area contributed by atoms with Gasteiger partial charge in [-0.2, -0.15) is 10.1 Å². The van der Waals surface area contributed by atoms with Gasteiger partial charge in [0.15, 0.2) is 5.69 Å². The van der Waals surface area contributed by atoms with E-state index >= 15 is 0 Å². The molecule has 5 aliphatic heterocycles. The van der Waals surface area contributed by atoms with E-state index in [-0.39, 0.29) is 35.7 Å². The summed E-state index contributed by atoms with van der Waals surface area (Å²) in [6, 6.07) is 15.0. The minimum atomic E-state index is -0.763. The summed E-state index contributed by atoms with van der Waals surface area (Å²) in [4.78, 5) is 85.3. The maximum absolute atomic E-state index is 13.3. The molecule has 4 saturated heterocycles. The van der Waals surface area contributed by atoms with Crippen molar-refractivity contribution in [3.63, 3.8) is 0 Å². The van der Waals surface area contributed by atoms with Gasteiger partial charge in [0, 0.05) is 101 Å². The van der Waals surface area contributed by atoms with Crippen LogP contribution in [-0.2, 0) is 4.79 Å². The monoisotopic (exact) mass is 840 g/mol. The Hall–Kier alpha value is -6.86. The van der Waals surface area contributed by atoms with Gasteiger partial charge in [0.25, 0.3) is 17.7 Å². The van der Waals surface area contributed by atoms with Crippen molar-refractivity contribution in [1.29, 1.82) is 0 Å². The van der Waals surface area contributed by atoms with E-state index in [1.165, 1.54) is 6.33 Å². The molecule has 0 spiro atoms. The van der Waals surface area contributed by atoms with Crippen molar-refractivity contribution < 1.29 is 24.0 Å². The number of hydrogen-bond acceptors (Lipinski definition) is 13. The van der Waals surface area contributed by atoms with Gasteiger partial charge in [0.05, 0.1) is 28.7 Å². The SMILES string of the molecule is O=C1CCN(N2C(=O)c3ccc(N4CCC(CN5CCN(C6CCN(c7ccc(NC(=O)c8n[nH]cc8Nc8ncnc9[nH]ccc89)cc7)CC6)CC5)CC4)cc3C2=O)C(=O)N1. The Balaban J connectivity index is 0.651. The van der Waals surface area contributed by atoms with E-state index in [1.807, 2.05) is 24.3 Å². The van der Waals surface area contributed by atoms with Crippen LogP contribution in [-0.4, -0.2) is 146 Å². The first kappa shape index (κ1) is 39.3. The number of hydrogen-bond donors (Lipinski definition) is 5. The van der Waals surface area contributed by atoms with Crippen LogP contribution in [0.15, 0.2) is 67.3 Å². The number of nitrogens with one attached hydrogen (secondary N) is 5. The molecule has 4 fully saturated rings. The van der Waals surface area contributed by atoms with E-state index < -0.39 is 23.8 Å². The topological polar surface area (TPSA) is 211 Å². The van der Waals surface area contributed by atoms with Crippen molar-refractivity contribution in [3.8, 4) is 0 Å². The fourth-order valence-electron chi connectivity index (χ4n) is 9.52. The summed E-state index contributed by atoms with van der Waals surface area (Å²) >= 11 is 0. The first-order valence-corrected chi connectivity index (χ1v) is 21.4. The van der Waals surface area contributed by atoms with Gasteiger partial charge in [-0.1, -0.05) is 0 Å². The number of anilines is 5. The molecule has 0 atom stereocenters. The van der Waals surface area contributed by atoms with Crippen LogP contribution in [0.4, 0.5) is 33.4 Å². The Morgan fingerprint density at radius 3 is 2.27 bits per heavy atom. The third-order valence-electron chi connectivity index (χ3n) is 13.0. The van der Waals surface area contributed by atoms with Crippen molar-refractivity contribution in [1.82, 2.24) is 50.3 Å². The molecule has 6 amide bonds.